The number of alkyl halides is 3. The molecule has 0 bridgehead atoms. The molecule has 0 spiro atoms. The molecule has 1 aliphatic carbocycles. The molecular weight excluding hydrogens is 435 g/mol. The van der Waals surface area contributed by atoms with Crippen molar-refractivity contribution in [3.05, 3.63) is 54.1 Å². The van der Waals surface area contributed by atoms with Gasteiger partial charge in [0.15, 0.2) is 0 Å². The Labute approximate surface area is 188 Å². The highest BCUT2D eigenvalue weighted by atomic mass is 19.4. The van der Waals surface area contributed by atoms with Crippen LogP contribution >= 0.6 is 0 Å². The van der Waals surface area contributed by atoms with Gasteiger partial charge in [-0.2, -0.15) is 18.2 Å². The molecule has 174 valence electrons. The SMILES string of the molecule is FC(F)(F)c1cnc(N[C@@H]2CCC[C@H](c3ncc(-c4ccccc4)[nH]3)C2)nc1OC1COC1. The molecule has 0 unspecified atom stereocenters. The van der Waals surface area contributed by atoms with Crippen LogP contribution in [0.1, 0.15) is 43.0 Å². The standard InChI is InChI=1S/C23H24F3N5O2/c24-23(25,26)18-10-28-22(31-21(18)33-17-12-32-13-17)29-16-8-4-7-15(9-16)20-27-11-19(30-20)14-5-2-1-3-6-14/h1-3,5-6,10-11,15-17H,4,7-9,12-13H2,(H,27,30)(H,28,29,31)/t15-,16+/m0/s1. The second-order valence-corrected chi connectivity index (χ2v) is 8.44. The summed E-state index contributed by atoms with van der Waals surface area (Å²) in [5.41, 5.74) is 1.06. The Balaban J connectivity index is 1.28. The van der Waals surface area contributed by atoms with Gasteiger partial charge in [0, 0.05) is 18.2 Å². The highest BCUT2D eigenvalue weighted by Crippen LogP contribution is 2.37. The van der Waals surface area contributed by atoms with Crippen molar-refractivity contribution in [1.29, 1.82) is 0 Å². The Bertz CT molecular complexity index is 1090. The van der Waals surface area contributed by atoms with E-state index in [-0.39, 0.29) is 31.1 Å². The van der Waals surface area contributed by atoms with Gasteiger partial charge in [-0.3, -0.25) is 0 Å². The van der Waals surface area contributed by atoms with Crippen molar-refractivity contribution >= 4 is 5.95 Å². The summed E-state index contributed by atoms with van der Waals surface area (Å²) in [6, 6.07) is 10.0. The van der Waals surface area contributed by atoms with Crippen molar-refractivity contribution in [3.8, 4) is 17.1 Å². The number of H-pyrrole nitrogens is 1. The second-order valence-electron chi connectivity index (χ2n) is 8.44. The maximum absolute atomic E-state index is 13.4. The smallest absolute Gasteiger partial charge is 0.423 e. The van der Waals surface area contributed by atoms with Crippen molar-refractivity contribution in [2.24, 2.45) is 0 Å². The largest absolute Gasteiger partial charge is 0.469 e. The quantitative estimate of drug-likeness (QED) is 0.551. The first-order chi connectivity index (χ1) is 16.0. The highest BCUT2D eigenvalue weighted by molar-refractivity contribution is 5.58. The minimum absolute atomic E-state index is 0.0191. The lowest BCUT2D eigenvalue weighted by atomic mass is 9.85. The van der Waals surface area contributed by atoms with Gasteiger partial charge in [-0.15, -0.1) is 0 Å². The number of anilines is 1. The van der Waals surface area contributed by atoms with E-state index >= 15 is 0 Å². The molecule has 5 rings (SSSR count). The number of ether oxygens (including phenoxy) is 2. The summed E-state index contributed by atoms with van der Waals surface area (Å²) < 4.78 is 50.5. The summed E-state index contributed by atoms with van der Waals surface area (Å²) in [5, 5.41) is 3.20. The number of benzene rings is 1. The van der Waals surface area contributed by atoms with E-state index in [0.29, 0.717) is 0 Å². The van der Waals surface area contributed by atoms with E-state index in [1.807, 2.05) is 36.5 Å². The maximum atomic E-state index is 13.4. The van der Waals surface area contributed by atoms with Crippen molar-refractivity contribution in [2.45, 2.75) is 49.9 Å². The summed E-state index contributed by atoms with van der Waals surface area (Å²) in [5.74, 6) is 0.807. The van der Waals surface area contributed by atoms with Crippen LogP contribution in [0.15, 0.2) is 42.7 Å². The molecule has 1 saturated carbocycles. The molecule has 2 aliphatic rings. The number of nitrogens with zero attached hydrogens (tertiary/aromatic N) is 3. The average molecular weight is 459 g/mol. The first kappa shape index (κ1) is 21.7. The van der Waals surface area contributed by atoms with Gasteiger partial charge in [-0.25, -0.2) is 9.97 Å². The fourth-order valence-electron chi connectivity index (χ4n) is 4.22. The number of rotatable bonds is 6. The molecule has 3 heterocycles. The van der Waals surface area contributed by atoms with Crippen LogP contribution in [0, 0.1) is 0 Å². The van der Waals surface area contributed by atoms with E-state index in [1.54, 1.807) is 0 Å². The van der Waals surface area contributed by atoms with Gasteiger partial charge in [-0.05, 0) is 24.8 Å². The van der Waals surface area contributed by atoms with Gasteiger partial charge in [0.05, 0.1) is 25.1 Å². The van der Waals surface area contributed by atoms with Gasteiger partial charge in [-0.1, -0.05) is 36.8 Å². The molecule has 1 aliphatic heterocycles. The van der Waals surface area contributed by atoms with E-state index in [9.17, 15) is 13.2 Å². The fraction of sp³-hybridized carbons (Fsp3) is 0.435. The lowest BCUT2D eigenvalue weighted by Crippen LogP contribution is -2.39. The van der Waals surface area contributed by atoms with Crippen LogP contribution in [0.2, 0.25) is 0 Å². The highest BCUT2D eigenvalue weighted by Gasteiger charge is 2.38. The van der Waals surface area contributed by atoms with Crippen LogP contribution in [0.5, 0.6) is 5.88 Å². The molecule has 2 atom stereocenters. The van der Waals surface area contributed by atoms with E-state index in [0.717, 1.165) is 49.0 Å². The third kappa shape index (κ3) is 4.95. The van der Waals surface area contributed by atoms with Crippen LogP contribution in [-0.4, -0.2) is 45.3 Å². The van der Waals surface area contributed by atoms with Crippen LogP contribution in [-0.2, 0) is 10.9 Å². The molecule has 3 aromatic rings. The zero-order chi connectivity index (χ0) is 22.8. The lowest BCUT2D eigenvalue weighted by Gasteiger charge is -2.29. The Morgan fingerprint density at radius 3 is 2.61 bits per heavy atom. The fourth-order valence-corrected chi connectivity index (χ4v) is 4.22. The minimum atomic E-state index is -4.59. The molecule has 1 saturated heterocycles. The maximum Gasteiger partial charge on any atom is 0.423 e. The number of hydrogen-bond donors (Lipinski definition) is 2. The molecule has 2 fully saturated rings. The van der Waals surface area contributed by atoms with E-state index < -0.39 is 23.7 Å². The van der Waals surface area contributed by atoms with Crippen molar-refractivity contribution < 1.29 is 22.6 Å². The van der Waals surface area contributed by atoms with E-state index in [1.165, 1.54) is 0 Å². The van der Waals surface area contributed by atoms with Crippen LogP contribution in [0.4, 0.5) is 19.1 Å². The van der Waals surface area contributed by atoms with Crippen molar-refractivity contribution in [2.75, 3.05) is 18.5 Å². The third-order valence-corrected chi connectivity index (χ3v) is 6.02. The first-order valence-electron chi connectivity index (χ1n) is 11.0. The summed E-state index contributed by atoms with van der Waals surface area (Å²) in [6.45, 7) is 0.505. The predicted molar refractivity (Wildman–Crippen MR) is 115 cm³/mol. The van der Waals surface area contributed by atoms with E-state index in [2.05, 4.69) is 25.3 Å². The van der Waals surface area contributed by atoms with Gasteiger partial charge >= 0.3 is 6.18 Å². The van der Waals surface area contributed by atoms with Gasteiger partial charge in [0.25, 0.3) is 0 Å². The Morgan fingerprint density at radius 1 is 1.06 bits per heavy atom. The van der Waals surface area contributed by atoms with E-state index in [4.69, 9.17) is 9.47 Å². The molecular formula is C23H24F3N5O2. The zero-order valence-electron chi connectivity index (χ0n) is 17.8. The molecule has 33 heavy (non-hydrogen) atoms. The number of halogens is 3. The Morgan fingerprint density at radius 2 is 1.88 bits per heavy atom. The topological polar surface area (TPSA) is 85.0 Å². The summed E-state index contributed by atoms with van der Waals surface area (Å²) in [4.78, 5) is 16.0. The van der Waals surface area contributed by atoms with Gasteiger partial charge in [0.2, 0.25) is 11.8 Å². The second kappa shape index (κ2) is 9.01. The van der Waals surface area contributed by atoms with Gasteiger partial charge in [0.1, 0.15) is 17.5 Å². The van der Waals surface area contributed by atoms with Gasteiger partial charge < -0.3 is 19.8 Å². The number of aromatic amines is 1. The Hall–Kier alpha value is -3.14. The van der Waals surface area contributed by atoms with Crippen molar-refractivity contribution in [3.63, 3.8) is 0 Å². The normalized spacial score (nSPS) is 21.4. The summed E-state index contributed by atoms with van der Waals surface area (Å²) in [7, 11) is 0. The monoisotopic (exact) mass is 459 g/mol. The molecule has 2 N–H and O–H groups in total. The molecule has 2 aromatic heterocycles. The lowest BCUT2D eigenvalue weighted by molar-refractivity contribution is -0.142. The van der Waals surface area contributed by atoms with Crippen LogP contribution < -0.4 is 10.1 Å². The molecule has 7 nitrogen and oxygen atoms in total. The average Bonchev–Trinajstić information content (AvgIpc) is 3.27. The molecule has 1 aromatic carbocycles. The third-order valence-electron chi connectivity index (χ3n) is 6.02. The molecule has 10 heteroatoms. The summed E-state index contributed by atoms with van der Waals surface area (Å²) >= 11 is 0. The zero-order valence-corrected chi connectivity index (χ0v) is 17.8. The van der Waals surface area contributed by atoms with Crippen LogP contribution in [0.25, 0.3) is 11.3 Å². The predicted octanol–water partition coefficient (Wildman–Crippen LogP) is 4.80. The number of hydrogen-bond acceptors (Lipinski definition) is 6. The van der Waals surface area contributed by atoms with Crippen molar-refractivity contribution in [1.82, 2.24) is 19.9 Å². The molecule has 0 amide bonds. The minimum Gasteiger partial charge on any atom is -0.469 e. The first-order valence-corrected chi connectivity index (χ1v) is 11.0. The molecule has 0 radical (unpaired) electrons. The number of imidazole rings is 1. The van der Waals surface area contributed by atoms with Crippen LogP contribution in [0.3, 0.4) is 0 Å². The number of aromatic nitrogens is 4. The Kier molecular flexibility index (Phi) is 5.92. The summed E-state index contributed by atoms with van der Waals surface area (Å²) in [6.07, 6.45) is 1.21. The number of nitrogens with one attached hydrogen (secondary N) is 2.